The summed E-state index contributed by atoms with van der Waals surface area (Å²) in [6.45, 7) is 2.28. The number of amides is 2. The Hall–Kier alpha value is -3.58. The van der Waals surface area contributed by atoms with Crippen LogP contribution >= 0.6 is 12.6 Å². The van der Waals surface area contributed by atoms with Gasteiger partial charge in [-0.15, -0.1) is 0 Å². The Labute approximate surface area is 224 Å². The molecular formula is C30H34N2O4S. The van der Waals surface area contributed by atoms with Crippen LogP contribution in [0.4, 0.5) is 0 Å². The average molecular weight is 519 g/mol. The first-order chi connectivity index (χ1) is 17.9. The molecule has 7 heteroatoms. The molecule has 2 N–H and O–H groups in total. The zero-order valence-corrected chi connectivity index (χ0v) is 22.0. The molecule has 2 amide bonds. The van der Waals surface area contributed by atoms with Crippen LogP contribution in [-0.2, 0) is 22.6 Å². The Kier molecular flexibility index (Phi) is 10.8. The van der Waals surface area contributed by atoms with Crippen LogP contribution in [0.1, 0.15) is 47.7 Å². The average Bonchev–Trinajstić information content (AvgIpc) is 2.92. The van der Waals surface area contributed by atoms with Gasteiger partial charge < -0.3 is 15.3 Å². The van der Waals surface area contributed by atoms with E-state index in [1.165, 1.54) is 0 Å². The van der Waals surface area contributed by atoms with E-state index in [0.29, 0.717) is 30.7 Å². The molecule has 0 radical (unpaired) electrons. The Morgan fingerprint density at radius 3 is 2.24 bits per heavy atom. The van der Waals surface area contributed by atoms with Gasteiger partial charge in [0, 0.05) is 24.8 Å². The monoisotopic (exact) mass is 518 g/mol. The minimum Gasteiger partial charge on any atom is -0.478 e. The fourth-order valence-electron chi connectivity index (χ4n) is 4.16. The molecule has 3 rings (SSSR count). The van der Waals surface area contributed by atoms with Crippen molar-refractivity contribution in [2.24, 2.45) is 0 Å². The number of benzene rings is 3. The van der Waals surface area contributed by atoms with Gasteiger partial charge in [-0.1, -0.05) is 86.1 Å². The number of thiol groups is 1. The third-order valence-corrected chi connectivity index (χ3v) is 6.58. The molecule has 0 fully saturated rings. The van der Waals surface area contributed by atoms with E-state index in [4.69, 9.17) is 0 Å². The van der Waals surface area contributed by atoms with E-state index in [0.717, 1.165) is 29.5 Å². The second-order valence-corrected chi connectivity index (χ2v) is 9.40. The molecule has 0 unspecified atom stereocenters. The first-order valence-corrected chi connectivity index (χ1v) is 13.2. The number of carboxylic acids is 1. The van der Waals surface area contributed by atoms with Crippen molar-refractivity contribution in [3.63, 3.8) is 0 Å². The number of aromatic carboxylic acids is 1. The van der Waals surface area contributed by atoms with Gasteiger partial charge in [0.1, 0.15) is 0 Å². The predicted octanol–water partition coefficient (Wildman–Crippen LogP) is 5.23. The minimum absolute atomic E-state index is 0.0365. The van der Waals surface area contributed by atoms with Crippen molar-refractivity contribution in [1.29, 1.82) is 0 Å². The lowest BCUT2D eigenvalue weighted by atomic mass is 9.98. The summed E-state index contributed by atoms with van der Waals surface area (Å²) < 4.78 is 0. The van der Waals surface area contributed by atoms with Gasteiger partial charge in [-0.25, -0.2) is 4.79 Å². The van der Waals surface area contributed by atoms with Gasteiger partial charge >= 0.3 is 5.97 Å². The number of hydrogen-bond donors (Lipinski definition) is 3. The fraction of sp³-hybridized carbons (Fsp3) is 0.300. The number of nitrogens with one attached hydrogen (secondary N) is 1. The van der Waals surface area contributed by atoms with Crippen molar-refractivity contribution >= 4 is 30.4 Å². The van der Waals surface area contributed by atoms with Gasteiger partial charge in [-0.05, 0) is 41.2 Å². The first-order valence-electron chi connectivity index (χ1n) is 12.5. The summed E-state index contributed by atoms with van der Waals surface area (Å²) in [4.78, 5) is 39.1. The molecule has 0 saturated heterocycles. The quantitative estimate of drug-likeness (QED) is 0.271. The highest BCUT2D eigenvalue weighted by Gasteiger charge is 2.20. The molecule has 0 bridgehead atoms. The van der Waals surface area contributed by atoms with E-state index in [9.17, 15) is 19.5 Å². The van der Waals surface area contributed by atoms with Crippen LogP contribution in [0.2, 0.25) is 0 Å². The summed E-state index contributed by atoms with van der Waals surface area (Å²) in [7, 11) is 0. The van der Waals surface area contributed by atoms with Crippen LogP contribution in [0.25, 0.3) is 11.1 Å². The smallest absolute Gasteiger partial charge is 0.336 e. The van der Waals surface area contributed by atoms with E-state index in [1.54, 1.807) is 29.2 Å². The van der Waals surface area contributed by atoms with Gasteiger partial charge in [0.2, 0.25) is 11.8 Å². The summed E-state index contributed by atoms with van der Waals surface area (Å²) in [6.07, 6.45) is 2.70. The molecule has 3 aromatic rings. The highest BCUT2D eigenvalue weighted by atomic mass is 32.1. The fourth-order valence-corrected chi connectivity index (χ4v) is 4.38. The lowest BCUT2D eigenvalue weighted by Crippen LogP contribution is -2.45. The summed E-state index contributed by atoms with van der Waals surface area (Å²) in [5.74, 6) is -0.774. The Bertz CT molecular complexity index is 1180. The molecule has 0 heterocycles. The first kappa shape index (κ1) is 28.0. The molecule has 37 heavy (non-hydrogen) atoms. The normalized spacial score (nSPS) is 11.5. The maximum atomic E-state index is 13.0. The molecule has 0 saturated carbocycles. The molecule has 0 aliphatic carbocycles. The summed E-state index contributed by atoms with van der Waals surface area (Å²) in [5, 5.41) is 12.5. The summed E-state index contributed by atoms with van der Waals surface area (Å²) in [6, 6.07) is 24.1. The number of carboxylic acid groups (broad SMARTS) is 1. The minimum atomic E-state index is -0.981. The number of carbonyl (C=O) groups excluding carboxylic acids is 2. The van der Waals surface area contributed by atoms with Gasteiger partial charge in [0.15, 0.2) is 0 Å². The zero-order valence-electron chi connectivity index (χ0n) is 21.1. The molecule has 0 aliphatic heterocycles. The maximum Gasteiger partial charge on any atom is 0.336 e. The summed E-state index contributed by atoms with van der Waals surface area (Å²) >= 11 is 4.41. The van der Waals surface area contributed by atoms with Crippen LogP contribution < -0.4 is 5.32 Å². The van der Waals surface area contributed by atoms with E-state index in [2.05, 4.69) is 17.9 Å². The van der Waals surface area contributed by atoms with Crippen molar-refractivity contribution in [2.75, 3.05) is 12.3 Å². The predicted molar refractivity (Wildman–Crippen MR) is 150 cm³/mol. The van der Waals surface area contributed by atoms with Crippen LogP contribution in [0, 0.1) is 0 Å². The number of rotatable bonds is 13. The van der Waals surface area contributed by atoms with Gasteiger partial charge in [0.25, 0.3) is 0 Å². The van der Waals surface area contributed by atoms with E-state index in [1.807, 2.05) is 61.5 Å². The number of carbonyl (C=O) groups is 3. The molecule has 0 aliphatic rings. The van der Waals surface area contributed by atoms with E-state index < -0.39 is 5.97 Å². The van der Waals surface area contributed by atoms with Crippen molar-refractivity contribution < 1.29 is 19.5 Å². The largest absolute Gasteiger partial charge is 0.478 e. The molecule has 1 atom stereocenters. The Morgan fingerprint density at radius 2 is 1.59 bits per heavy atom. The molecule has 0 aromatic heterocycles. The molecule has 3 aromatic carbocycles. The number of hydrogen-bond acceptors (Lipinski definition) is 4. The second kappa shape index (κ2) is 14.2. The second-order valence-electron chi connectivity index (χ2n) is 9.04. The van der Waals surface area contributed by atoms with Crippen molar-refractivity contribution in [1.82, 2.24) is 10.2 Å². The lowest BCUT2D eigenvalue weighted by Gasteiger charge is -2.24. The van der Waals surface area contributed by atoms with Crippen molar-refractivity contribution in [3.8, 4) is 11.1 Å². The Morgan fingerprint density at radius 1 is 0.919 bits per heavy atom. The lowest BCUT2D eigenvalue weighted by molar-refractivity contribution is -0.137. The molecule has 0 spiro atoms. The topological polar surface area (TPSA) is 86.7 Å². The van der Waals surface area contributed by atoms with Crippen LogP contribution in [0.5, 0.6) is 0 Å². The number of unbranched alkanes of at least 4 members (excludes halogenated alkanes) is 1. The highest BCUT2D eigenvalue weighted by molar-refractivity contribution is 7.80. The Balaban J connectivity index is 1.70. The molecule has 6 nitrogen and oxygen atoms in total. The maximum absolute atomic E-state index is 13.0. The third-order valence-electron chi connectivity index (χ3n) is 6.14. The van der Waals surface area contributed by atoms with Gasteiger partial charge in [-0.3, -0.25) is 9.59 Å². The van der Waals surface area contributed by atoms with Crippen LogP contribution in [0.3, 0.4) is 0 Å². The zero-order chi connectivity index (χ0) is 26.6. The van der Waals surface area contributed by atoms with Crippen molar-refractivity contribution in [3.05, 3.63) is 95.6 Å². The van der Waals surface area contributed by atoms with Crippen LogP contribution in [0.15, 0.2) is 78.9 Å². The highest BCUT2D eigenvalue weighted by Crippen LogP contribution is 2.24. The molecule has 194 valence electrons. The standard InChI is InChI=1S/C30H34N2O4S/c1-2-3-13-29(34)32(20-28(33)31-25(21-37)18-22-9-5-4-6-10-22)19-23-14-16-24(17-15-23)26-11-7-8-12-27(26)30(35)36/h4-12,14-17,25,37H,2-3,13,18-21H2,1H3,(H,31,33)(H,35,36)/t25-/m1/s1. The van der Waals surface area contributed by atoms with E-state index >= 15 is 0 Å². The van der Waals surface area contributed by atoms with Crippen LogP contribution in [-0.4, -0.2) is 46.1 Å². The third kappa shape index (κ3) is 8.50. The molecular weight excluding hydrogens is 484 g/mol. The van der Waals surface area contributed by atoms with Gasteiger partial charge in [-0.2, -0.15) is 12.6 Å². The van der Waals surface area contributed by atoms with Gasteiger partial charge in [0.05, 0.1) is 12.1 Å². The number of nitrogens with zero attached hydrogens (tertiary/aromatic N) is 1. The SMILES string of the molecule is CCCCC(=O)N(CC(=O)N[C@@H](CS)Cc1ccccc1)Cc1ccc(-c2ccccc2C(=O)O)cc1. The van der Waals surface area contributed by atoms with Crippen molar-refractivity contribution in [2.45, 2.75) is 45.2 Å². The van der Waals surface area contributed by atoms with E-state index in [-0.39, 0.29) is 30.0 Å². The summed E-state index contributed by atoms with van der Waals surface area (Å²) in [5.41, 5.74) is 3.62.